The number of allylic oxidation sites excluding steroid dienone is 4. The van der Waals surface area contributed by atoms with E-state index in [1.807, 2.05) is 0 Å². The molecule has 4 aromatic carbocycles. The lowest BCUT2D eigenvalue weighted by molar-refractivity contribution is 0.447. The second-order valence-electron chi connectivity index (χ2n) is 9.05. The van der Waals surface area contributed by atoms with Crippen LogP contribution >= 0.6 is 0 Å². The van der Waals surface area contributed by atoms with Crippen LogP contribution in [0.2, 0.25) is 0 Å². The Hall–Kier alpha value is -3.64. The van der Waals surface area contributed by atoms with Crippen LogP contribution in [0.25, 0.3) is 11.1 Å². The fraction of sp³-hybridized carbons (Fsp3) is 0.125. The van der Waals surface area contributed by atoms with Crippen molar-refractivity contribution in [2.75, 3.05) is 0 Å². The lowest BCUT2D eigenvalue weighted by atomic mass is 9.63. The lowest BCUT2D eigenvalue weighted by Crippen LogP contribution is -2.33. The first kappa shape index (κ1) is 19.1. The number of fused-ring (bicyclic) bond motifs is 2. The summed E-state index contributed by atoms with van der Waals surface area (Å²) in [6, 6.07) is 44.3. The Labute approximate surface area is 190 Å². The standard InChI is InChI=1S/C32H26/c1-5-14-25(15-6-1)29-30(26-16-7-2-8-17-26)32(28-20-11-4-12-21-28)23-13-22-31(29,24-32)27-18-9-3-10-19-27/h1-22H,23-24H2. The molecule has 2 unspecified atom stereocenters. The largest absolute Gasteiger partial charge is 0.0861 e. The lowest BCUT2D eigenvalue weighted by Gasteiger charge is -2.39. The minimum atomic E-state index is -0.151. The first-order chi connectivity index (χ1) is 15.8. The van der Waals surface area contributed by atoms with Crippen molar-refractivity contribution >= 4 is 11.1 Å². The molecule has 0 fully saturated rings. The fourth-order valence-electron chi connectivity index (χ4n) is 6.12. The molecule has 6 rings (SSSR count). The Bertz CT molecular complexity index is 1280. The van der Waals surface area contributed by atoms with Gasteiger partial charge in [0.25, 0.3) is 0 Å². The summed E-state index contributed by atoms with van der Waals surface area (Å²) in [6.07, 6.45) is 7.00. The quantitative estimate of drug-likeness (QED) is 0.301. The van der Waals surface area contributed by atoms with E-state index in [9.17, 15) is 0 Å². The Morgan fingerprint density at radius 2 is 0.938 bits per heavy atom. The van der Waals surface area contributed by atoms with Gasteiger partial charge in [0.15, 0.2) is 0 Å². The number of hydrogen-bond acceptors (Lipinski definition) is 0. The van der Waals surface area contributed by atoms with Crippen LogP contribution in [0, 0.1) is 0 Å². The van der Waals surface area contributed by atoms with Crippen LogP contribution < -0.4 is 0 Å². The first-order valence-corrected chi connectivity index (χ1v) is 11.5. The fourth-order valence-corrected chi connectivity index (χ4v) is 6.12. The van der Waals surface area contributed by atoms with Crippen molar-refractivity contribution in [2.24, 2.45) is 0 Å². The zero-order chi connectivity index (χ0) is 21.4. The first-order valence-electron chi connectivity index (χ1n) is 11.5. The monoisotopic (exact) mass is 410 g/mol. The second kappa shape index (κ2) is 7.50. The molecule has 0 aliphatic heterocycles. The third kappa shape index (κ3) is 2.76. The molecule has 0 spiro atoms. The normalized spacial score (nSPS) is 24.0. The molecular weight excluding hydrogens is 384 g/mol. The molecule has 0 saturated carbocycles. The van der Waals surface area contributed by atoms with Gasteiger partial charge in [-0.2, -0.15) is 0 Å². The highest BCUT2D eigenvalue weighted by molar-refractivity contribution is 6.04. The molecule has 0 heteroatoms. The summed E-state index contributed by atoms with van der Waals surface area (Å²) in [5, 5.41) is 0. The Balaban J connectivity index is 1.76. The van der Waals surface area contributed by atoms with Gasteiger partial charge in [0.05, 0.1) is 0 Å². The average molecular weight is 411 g/mol. The van der Waals surface area contributed by atoms with Crippen molar-refractivity contribution in [3.05, 3.63) is 156 Å². The maximum Gasteiger partial charge on any atom is 0.0402 e. The minimum Gasteiger partial charge on any atom is -0.0861 e. The van der Waals surface area contributed by atoms with Crippen molar-refractivity contribution in [2.45, 2.75) is 23.7 Å². The van der Waals surface area contributed by atoms with Gasteiger partial charge in [0.2, 0.25) is 0 Å². The van der Waals surface area contributed by atoms with Crippen molar-refractivity contribution in [1.29, 1.82) is 0 Å². The highest BCUT2D eigenvalue weighted by Gasteiger charge is 2.56. The average Bonchev–Trinajstić information content (AvgIpc) is 3.10. The van der Waals surface area contributed by atoms with Crippen LogP contribution in [0.5, 0.6) is 0 Å². The number of rotatable bonds is 4. The molecule has 0 heterocycles. The van der Waals surface area contributed by atoms with E-state index in [0.29, 0.717) is 0 Å². The van der Waals surface area contributed by atoms with Gasteiger partial charge in [-0.3, -0.25) is 0 Å². The van der Waals surface area contributed by atoms with Gasteiger partial charge in [-0.05, 0) is 46.2 Å². The summed E-state index contributed by atoms with van der Waals surface area (Å²) in [5.41, 5.74) is 8.16. The highest BCUT2D eigenvalue weighted by atomic mass is 14.6. The maximum absolute atomic E-state index is 2.49. The summed E-state index contributed by atoms with van der Waals surface area (Å²) in [5.74, 6) is 0. The Morgan fingerprint density at radius 3 is 1.50 bits per heavy atom. The van der Waals surface area contributed by atoms with Gasteiger partial charge < -0.3 is 0 Å². The van der Waals surface area contributed by atoms with Gasteiger partial charge in [0, 0.05) is 10.8 Å². The van der Waals surface area contributed by atoms with E-state index in [-0.39, 0.29) is 10.8 Å². The molecule has 154 valence electrons. The highest BCUT2D eigenvalue weighted by Crippen LogP contribution is 2.65. The van der Waals surface area contributed by atoms with Crippen LogP contribution in [0.1, 0.15) is 35.1 Å². The van der Waals surface area contributed by atoms with E-state index in [1.165, 1.54) is 33.4 Å². The maximum atomic E-state index is 2.49. The molecule has 2 bridgehead atoms. The van der Waals surface area contributed by atoms with Crippen molar-refractivity contribution < 1.29 is 0 Å². The van der Waals surface area contributed by atoms with Crippen LogP contribution in [0.3, 0.4) is 0 Å². The number of benzene rings is 4. The van der Waals surface area contributed by atoms with Crippen LogP contribution in [-0.4, -0.2) is 0 Å². The summed E-state index contributed by atoms with van der Waals surface area (Å²) in [4.78, 5) is 0. The molecule has 0 aromatic heterocycles. The van der Waals surface area contributed by atoms with E-state index in [2.05, 4.69) is 133 Å². The van der Waals surface area contributed by atoms with E-state index >= 15 is 0 Å². The molecule has 0 saturated heterocycles. The predicted molar refractivity (Wildman–Crippen MR) is 134 cm³/mol. The molecule has 0 nitrogen and oxygen atoms in total. The van der Waals surface area contributed by atoms with E-state index in [1.54, 1.807) is 0 Å². The molecule has 0 amide bonds. The Kier molecular flexibility index (Phi) is 4.47. The van der Waals surface area contributed by atoms with Gasteiger partial charge in [-0.25, -0.2) is 0 Å². The number of hydrogen-bond donors (Lipinski definition) is 0. The predicted octanol–water partition coefficient (Wildman–Crippen LogP) is 7.84. The summed E-state index contributed by atoms with van der Waals surface area (Å²) in [7, 11) is 0. The summed E-state index contributed by atoms with van der Waals surface area (Å²) >= 11 is 0. The van der Waals surface area contributed by atoms with Gasteiger partial charge >= 0.3 is 0 Å². The molecule has 2 aliphatic rings. The molecule has 2 aliphatic carbocycles. The van der Waals surface area contributed by atoms with E-state index in [4.69, 9.17) is 0 Å². The third-order valence-electron chi connectivity index (χ3n) is 7.36. The molecular formula is C32H26. The minimum absolute atomic E-state index is 0.0572. The Morgan fingerprint density at radius 1 is 0.469 bits per heavy atom. The SMILES string of the molecule is C1=CC2(c3ccccc3)CC(c3ccccc3)(C1)C(c1ccccc1)=C2c1ccccc1. The zero-order valence-electron chi connectivity index (χ0n) is 18.1. The van der Waals surface area contributed by atoms with Crippen molar-refractivity contribution in [1.82, 2.24) is 0 Å². The van der Waals surface area contributed by atoms with E-state index < -0.39 is 0 Å². The second-order valence-corrected chi connectivity index (χ2v) is 9.05. The topological polar surface area (TPSA) is 0 Å². The molecule has 0 radical (unpaired) electrons. The van der Waals surface area contributed by atoms with Crippen molar-refractivity contribution in [3.63, 3.8) is 0 Å². The zero-order valence-corrected chi connectivity index (χ0v) is 18.1. The van der Waals surface area contributed by atoms with E-state index in [0.717, 1.165) is 12.8 Å². The molecule has 4 aromatic rings. The molecule has 0 N–H and O–H groups in total. The summed E-state index contributed by atoms with van der Waals surface area (Å²) in [6.45, 7) is 0. The van der Waals surface area contributed by atoms with Gasteiger partial charge in [-0.1, -0.05) is 133 Å². The third-order valence-corrected chi connectivity index (χ3v) is 7.36. The smallest absolute Gasteiger partial charge is 0.0402 e. The van der Waals surface area contributed by atoms with Crippen molar-refractivity contribution in [3.8, 4) is 0 Å². The van der Waals surface area contributed by atoms with Gasteiger partial charge in [-0.15, -0.1) is 0 Å². The van der Waals surface area contributed by atoms with Gasteiger partial charge in [0.1, 0.15) is 0 Å². The van der Waals surface area contributed by atoms with Crippen LogP contribution in [0.15, 0.2) is 133 Å². The molecule has 32 heavy (non-hydrogen) atoms. The summed E-state index contributed by atoms with van der Waals surface area (Å²) < 4.78 is 0. The van der Waals surface area contributed by atoms with Crippen LogP contribution in [0.4, 0.5) is 0 Å². The van der Waals surface area contributed by atoms with Crippen LogP contribution in [-0.2, 0) is 10.8 Å². The molecule has 2 atom stereocenters.